The number of esters is 1. The van der Waals surface area contributed by atoms with Crippen LogP contribution in [0.3, 0.4) is 0 Å². The molecule has 0 amide bonds. The Morgan fingerprint density at radius 2 is 1.97 bits per heavy atom. The molecule has 8 heteroatoms. The van der Waals surface area contributed by atoms with Crippen LogP contribution in [0.15, 0.2) is 60.9 Å². The Labute approximate surface area is 216 Å². The van der Waals surface area contributed by atoms with Gasteiger partial charge in [-0.15, -0.1) is 0 Å². The highest BCUT2D eigenvalue weighted by molar-refractivity contribution is 6.30. The van der Waals surface area contributed by atoms with Gasteiger partial charge in [-0.3, -0.25) is 4.98 Å². The van der Waals surface area contributed by atoms with Gasteiger partial charge in [0.15, 0.2) is 0 Å². The molecule has 0 aliphatic heterocycles. The molecular formula is C28H31ClN4O3. The fraction of sp³-hybridized carbons (Fsp3) is 0.321. The molecule has 36 heavy (non-hydrogen) atoms. The number of benzene rings is 2. The molecule has 4 aromatic rings. The number of methoxy groups -OCH3 is 1. The number of rotatable bonds is 12. The number of ether oxygens (including phenoxy) is 2. The molecule has 2 heterocycles. The Balaban J connectivity index is 1.25. The van der Waals surface area contributed by atoms with Gasteiger partial charge >= 0.3 is 5.97 Å². The molecule has 7 nitrogen and oxygen atoms in total. The number of halogens is 1. The lowest BCUT2D eigenvalue weighted by molar-refractivity contribution is 0.0601. The van der Waals surface area contributed by atoms with Crippen LogP contribution in [0.2, 0.25) is 5.02 Å². The fourth-order valence-electron chi connectivity index (χ4n) is 4.10. The van der Waals surface area contributed by atoms with Gasteiger partial charge in [-0.25, -0.2) is 9.78 Å². The van der Waals surface area contributed by atoms with Crippen LogP contribution in [0.5, 0.6) is 0 Å². The highest BCUT2D eigenvalue weighted by Gasteiger charge is 2.12. The number of carbonyl (C=O) groups is 1. The standard InChI is InChI=1S/C28H31ClN4O3/c1-19(32-17-20-6-3-7-22(29)15-20)5-4-13-36-14-12-31-27-24-10-11-30-18-25(24)23-9-8-21(28(34)35-2)16-26(23)33-27/h3,6-11,15-16,18-19,32H,4-5,12-14,17H2,1-2H3,(H,31,33)/t19-/m0/s1. The summed E-state index contributed by atoms with van der Waals surface area (Å²) in [4.78, 5) is 21.0. The van der Waals surface area contributed by atoms with E-state index in [9.17, 15) is 4.79 Å². The Morgan fingerprint density at radius 3 is 2.81 bits per heavy atom. The monoisotopic (exact) mass is 506 g/mol. The summed E-state index contributed by atoms with van der Waals surface area (Å²) in [5.74, 6) is 0.353. The van der Waals surface area contributed by atoms with E-state index in [0.29, 0.717) is 36.9 Å². The molecule has 0 fully saturated rings. The molecule has 2 aromatic carbocycles. The number of anilines is 1. The van der Waals surface area contributed by atoms with Gasteiger partial charge in [-0.1, -0.05) is 29.8 Å². The topological polar surface area (TPSA) is 85.4 Å². The van der Waals surface area contributed by atoms with Crippen LogP contribution >= 0.6 is 11.6 Å². The number of fused-ring (bicyclic) bond motifs is 3. The summed E-state index contributed by atoms with van der Waals surface area (Å²) in [6, 6.07) is 15.6. The van der Waals surface area contributed by atoms with Crippen LogP contribution in [-0.4, -0.2) is 48.8 Å². The molecule has 0 unspecified atom stereocenters. The molecule has 1 atom stereocenters. The van der Waals surface area contributed by atoms with Crippen molar-refractivity contribution in [2.24, 2.45) is 0 Å². The first-order valence-electron chi connectivity index (χ1n) is 12.1. The highest BCUT2D eigenvalue weighted by atomic mass is 35.5. The third-order valence-corrected chi connectivity index (χ3v) is 6.26. The summed E-state index contributed by atoms with van der Waals surface area (Å²) in [5, 5.41) is 10.6. The minimum absolute atomic E-state index is 0.387. The number of hydrogen-bond donors (Lipinski definition) is 2. The van der Waals surface area contributed by atoms with Crippen molar-refractivity contribution in [3.63, 3.8) is 0 Å². The summed E-state index contributed by atoms with van der Waals surface area (Å²) in [5.41, 5.74) is 2.36. The Hall–Kier alpha value is -3.26. The van der Waals surface area contributed by atoms with Gasteiger partial charge in [-0.05, 0) is 55.7 Å². The lowest BCUT2D eigenvalue weighted by atomic mass is 10.1. The van der Waals surface area contributed by atoms with E-state index in [4.69, 9.17) is 26.1 Å². The molecule has 0 spiro atoms. The number of pyridine rings is 2. The summed E-state index contributed by atoms with van der Waals surface area (Å²) in [6.07, 6.45) is 5.58. The Bertz CT molecular complexity index is 1330. The lowest BCUT2D eigenvalue weighted by Crippen LogP contribution is -2.25. The maximum atomic E-state index is 12.0. The Morgan fingerprint density at radius 1 is 1.08 bits per heavy atom. The Kier molecular flexibility index (Phi) is 9.06. The van der Waals surface area contributed by atoms with Crippen LogP contribution in [0.4, 0.5) is 5.82 Å². The van der Waals surface area contributed by atoms with E-state index in [0.717, 1.165) is 46.4 Å². The van der Waals surface area contributed by atoms with Crippen molar-refractivity contribution in [3.05, 3.63) is 77.1 Å². The number of aromatic nitrogens is 2. The molecule has 0 saturated carbocycles. The van der Waals surface area contributed by atoms with Gasteiger partial charge in [0.25, 0.3) is 0 Å². The van der Waals surface area contributed by atoms with E-state index < -0.39 is 0 Å². The maximum absolute atomic E-state index is 12.0. The van der Waals surface area contributed by atoms with Crippen LogP contribution in [0.25, 0.3) is 21.7 Å². The quantitative estimate of drug-likeness (QED) is 0.147. The molecular weight excluding hydrogens is 476 g/mol. The molecule has 2 aromatic heterocycles. The summed E-state index contributed by atoms with van der Waals surface area (Å²) in [6.45, 7) is 4.87. The van der Waals surface area contributed by atoms with Crippen molar-refractivity contribution in [1.82, 2.24) is 15.3 Å². The van der Waals surface area contributed by atoms with E-state index in [1.165, 1.54) is 12.7 Å². The number of carbonyl (C=O) groups excluding carboxylic acids is 1. The minimum atomic E-state index is -0.387. The number of hydrogen-bond acceptors (Lipinski definition) is 7. The predicted octanol–water partition coefficient (Wildman–Crippen LogP) is 5.61. The van der Waals surface area contributed by atoms with E-state index in [1.807, 2.05) is 36.5 Å². The van der Waals surface area contributed by atoms with Crippen molar-refractivity contribution in [3.8, 4) is 0 Å². The molecule has 0 saturated heterocycles. The van der Waals surface area contributed by atoms with E-state index >= 15 is 0 Å². The van der Waals surface area contributed by atoms with Gasteiger partial charge in [0, 0.05) is 59.3 Å². The number of nitrogens with zero attached hydrogens (tertiary/aromatic N) is 2. The lowest BCUT2D eigenvalue weighted by Gasteiger charge is -2.14. The van der Waals surface area contributed by atoms with Gasteiger partial charge < -0.3 is 20.1 Å². The third-order valence-electron chi connectivity index (χ3n) is 6.03. The minimum Gasteiger partial charge on any atom is -0.465 e. The third kappa shape index (κ3) is 6.69. The van der Waals surface area contributed by atoms with Gasteiger partial charge in [0.05, 0.1) is 24.8 Å². The first-order valence-corrected chi connectivity index (χ1v) is 12.5. The van der Waals surface area contributed by atoms with E-state index in [-0.39, 0.29) is 5.97 Å². The largest absolute Gasteiger partial charge is 0.465 e. The zero-order valence-corrected chi connectivity index (χ0v) is 21.3. The SMILES string of the molecule is COC(=O)c1ccc2c(c1)nc(NCCOCCC[C@H](C)NCc1cccc(Cl)c1)c1ccncc12. The highest BCUT2D eigenvalue weighted by Crippen LogP contribution is 2.29. The smallest absolute Gasteiger partial charge is 0.337 e. The summed E-state index contributed by atoms with van der Waals surface area (Å²) < 4.78 is 10.7. The average molecular weight is 507 g/mol. The van der Waals surface area contributed by atoms with Crippen LogP contribution in [0.1, 0.15) is 35.7 Å². The summed E-state index contributed by atoms with van der Waals surface area (Å²) >= 11 is 6.05. The van der Waals surface area contributed by atoms with E-state index in [2.05, 4.69) is 28.6 Å². The zero-order chi connectivity index (χ0) is 25.3. The van der Waals surface area contributed by atoms with Crippen molar-refractivity contribution >= 4 is 45.1 Å². The first-order chi connectivity index (χ1) is 17.5. The predicted molar refractivity (Wildman–Crippen MR) is 145 cm³/mol. The van der Waals surface area contributed by atoms with Crippen molar-refractivity contribution in [2.45, 2.75) is 32.4 Å². The van der Waals surface area contributed by atoms with Crippen molar-refractivity contribution in [1.29, 1.82) is 0 Å². The van der Waals surface area contributed by atoms with Crippen LogP contribution in [0, 0.1) is 0 Å². The molecule has 0 aliphatic rings. The summed E-state index contributed by atoms with van der Waals surface area (Å²) in [7, 11) is 1.37. The second-order valence-corrected chi connectivity index (χ2v) is 9.13. The molecule has 188 valence electrons. The zero-order valence-electron chi connectivity index (χ0n) is 20.6. The van der Waals surface area contributed by atoms with Gasteiger partial charge in [0.1, 0.15) is 5.82 Å². The van der Waals surface area contributed by atoms with Crippen molar-refractivity contribution in [2.75, 3.05) is 32.2 Å². The second kappa shape index (κ2) is 12.6. The van der Waals surface area contributed by atoms with E-state index in [1.54, 1.807) is 18.3 Å². The van der Waals surface area contributed by atoms with Gasteiger partial charge in [0.2, 0.25) is 0 Å². The molecule has 0 bridgehead atoms. The van der Waals surface area contributed by atoms with Crippen LogP contribution < -0.4 is 10.6 Å². The molecule has 2 N–H and O–H groups in total. The maximum Gasteiger partial charge on any atom is 0.337 e. The number of nitrogens with one attached hydrogen (secondary N) is 2. The second-order valence-electron chi connectivity index (χ2n) is 8.70. The fourth-order valence-corrected chi connectivity index (χ4v) is 4.32. The molecule has 0 aliphatic carbocycles. The molecule has 0 radical (unpaired) electrons. The average Bonchev–Trinajstić information content (AvgIpc) is 2.90. The van der Waals surface area contributed by atoms with Crippen LogP contribution in [-0.2, 0) is 16.0 Å². The first kappa shape index (κ1) is 25.8. The molecule has 4 rings (SSSR count). The van der Waals surface area contributed by atoms with Crippen molar-refractivity contribution < 1.29 is 14.3 Å². The normalized spacial score (nSPS) is 12.1. The van der Waals surface area contributed by atoms with Gasteiger partial charge in [-0.2, -0.15) is 0 Å².